The summed E-state index contributed by atoms with van der Waals surface area (Å²) in [7, 11) is -3.60. The lowest BCUT2D eigenvalue weighted by atomic mass is 9.58. The van der Waals surface area contributed by atoms with E-state index >= 15 is 4.39 Å². The van der Waals surface area contributed by atoms with Crippen molar-refractivity contribution in [2.45, 2.75) is 37.3 Å². The van der Waals surface area contributed by atoms with E-state index in [1.165, 1.54) is 0 Å². The molecule has 2 amide bonds. The van der Waals surface area contributed by atoms with Crippen molar-refractivity contribution in [3.8, 4) is 5.75 Å². The summed E-state index contributed by atoms with van der Waals surface area (Å²) < 4.78 is 40.6. The number of allylic oxidation sites excluding steroid dienone is 1. The third-order valence-corrected chi connectivity index (χ3v) is 9.57. The molecule has 0 radical (unpaired) electrons. The van der Waals surface area contributed by atoms with Crippen LogP contribution in [0.1, 0.15) is 35.2 Å². The van der Waals surface area contributed by atoms with Gasteiger partial charge >= 0.3 is 0 Å². The molecule has 5 rings (SSSR count). The highest BCUT2D eigenvalue weighted by atomic mass is 32.2. The lowest BCUT2D eigenvalue weighted by Crippen LogP contribution is -2.64. The average molecular weight is 652 g/mol. The topological polar surface area (TPSA) is 249 Å². The molecular formula is C28H34FN5O10S. The molecule has 244 valence electrons. The van der Waals surface area contributed by atoms with Crippen LogP contribution in [0.4, 0.5) is 10.1 Å². The summed E-state index contributed by atoms with van der Waals surface area (Å²) in [5.74, 6) is -10.7. The van der Waals surface area contributed by atoms with Crippen LogP contribution in [0.15, 0.2) is 28.7 Å². The van der Waals surface area contributed by atoms with E-state index in [1.54, 1.807) is 0 Å². The summed E-state index contributed by atoms with van der Waals surface area (Å²) in [6.07, 6.45) is 2.18. The highest BCUT2D eigenvalue weighted by Gasteiger charge is 2.63. The number of nitrogens with two attached hydrogens (primary N) is 1. The number of aromatic hydroxyl groups is 1. The average Bonchev–Trinajstić information content (AvgIpc) is 3.45. The second-order valence-corrected chi connectivity index (χ2v) is 13.6. The Morgan fingerprint density at radius 1 is 1.16 bits per heavy atom. The van der Waals surface area contributed by atoms with Crippen LogP contribution in [-0.4, -0.2) is 108 Å². The van der Waals surface area contributed by atoms with Crippen molar-refractivity contribution in [1.82, 2.24) is 14.9 Å². The third kappa shape index (κ3) is 5.69. The molecule has 17 heteroatoms. The van der Waals surface area contributed by atoms with Gasteiger partial charge in [-0.2, -0.15) is 0 Å². The largest absolute Gasteiger partial charge is 0.510 e. The van der Waals surface area contributed by atoms with Crippen LogP contribution >= 0.6 is 0 Å². The number of rotatable bonds is 9. The number of phenols is 1. The first-order valence-electron chi connectivity index (χ1n) is 14.3. The molecular weight excluding hydrogens is 617 g/mol. The number of carbonyl (C=O) groups excluding carboxylic acids is 4. The Labute approximate surface area is 257 Å². The SMILES string of the molecule is CS(=O)(=O)NCCN[C@@H]1C(O)=C(C(N)=O)C(=O)[C@@]2(O)C(O)=C3C(=O)c4c(O)c(NC(=O)CN5CCCC5)cc(F)c4C[C@H]3C[C@@H]12. The van der Waals surface area contributed by atoms with Gasteiger partial charge in [0.2, 0.25) is 21.7 Å². The van der Waals surface area contributed by atoms with Gasteiger partial charge < -0.3 is 36.8 Å². The zero-order valence-electron chi connectivity index (χ0n) is 24.2. The van der Waals surface area contributed by atoms with E-state index in [1.807, 2.05) is 4.90 Å². The van der Waals surface area contributed by atoms with E-state index in [0.29, 0.717) is 13.1 Å². The molecule has 1 saturated heterocycles. The molecule has 0 spiro atoms. The molecule has 1 heterocycles. The second kappa shape index (κ2) is 11.8. The Morgan fingerprint density at radius 3 is 2.44 bits per heavy atom. The number of aliphatic hydroxyl groups is 3. The fraction of sp³-hybridized carbons (Fsp3) is 0.500. The van der Waals surface area contributed by atoms with Gasteiger partial charge in [-0.25, -0.2) is 17.5 Å². The van der Waals surface area contributed by atoms with Crippen molar-refractivity contribution in [1.29, 1.82) is 0 Å². The molecule has 1 fully saturated rings. The van der Waals surface area contributed by atoms with Crippen molar-refractivity contribution < 1.29 is 52.4 Å². The molecule has 15 nitrogen and oxygen atoms in total. The fourth-order valence-electron chi connectivity index (χ4n) is 6.83. The number of amides is 2. The maximum absolute atomic E-state index is 15.5. The zero-order valence-corrected chi connectivity index (χ0v) is 25.0. The number of sulfonamides is 1. The van der Waals surface area contributed by atoms with Gasteiger partial charge in [0.15, 0.2) is 17.1 Å². The Morgan fingerprint density at radius 2 is 1.82 bits per heavy atom. The minimum Gasteiger partial charge on any atom is -0.510 e. The number of carbonyl (C=O) groups is 4. The Balaban J connectivity index is 1.52. The smallest absolute Gasteiger partial charge is 0.255 e. The number of primary amides is 1. The number of ketones is 2. The van der Waals surface area contributed by atoms with Crippen molar-refractivity contribution in [3.05, 3.63) is 45.7 Å². The lowest BCUT2D eigenvalue weighted by molar-refractivity contribution is -0.146. The number of anilines is 1. The first-order chi connectivity index (χ1) is 21.1. The van der Waals surface area contributed by atoms with Crippen LogP contribution in [0, 0.1) is 17.7 Å². The van der Waals surface area contributed by atoms with E-state index in [9.17, 15) is 48.0 Å². The minimum absolute atomic E-state index is 0.0152. The number of benzene rings is 1. The first kappa shape index (κ1) is 32.5. The molecule has 3 aliphatic carbocycles. The molecule has 0 aromatic heterocycles. The van der Waals surface area contributed by atoms with Crippen LogP contribution in [0.5, 0.6) is 5.75 Å². The molecule has 1 aliphatic heterocycles. The molecule has 4 aliphatic rings. The second-order valence-electron chi connectivity index (χ2n) is 11.8. The number of likely N-dealkylation sites (tertiary alicyclic amines) is 1. The maximum atomic E-state index is 15.5. The van der Waals surface area contributed by atoms with Crippen LogP contribution < -0.4 is 21.1 Å². The number of fused-ring (bicyclic) bond motifs is 3. The Kier molecular flexibility index (Phi) is 8.52. The molecule has 0 bridgehead atoms. The van der Waals surface area contributed by atoms with Gasteiger partial charge in [0, 0.05) is 36.2 Å². The van der Waals surface area contributed by atoms with Crippen molar-refractivity contribution in [2.75, 3.05) is 44.3 Å². The highest BCUT2D eigenvalue weighted by Crippen LogP contribution is 2.52. The van der Waals surface area contributed by atoms with Crippen LogP contribution in [-0.2, 0) is 30.8 Å². The van der Waals surface area contributed by atoms with E-state index in [2.05, 4.69) is 15.4 Å². The van der Waals surface area contributed by atoms with Gasteiger partial charge in [0.1, 0.15) is 22.9 Å². The molecule has 1 aromatic carbocycles. The third-order valence-electron chi connectivity index (χ3n) is 8.84. The van der Waals surface area contributed by atoms with Crippen LogP contribution in [0.3, 0.4) is 0 Å². The summed E-state index contributed by atoms with van der Waals surface area (Å²) in [5.41, 5.74) is -0.322. The lowest BCUT2D eigenvalue weighted by Gasteiger charge is -2.48. The van der Waals surface area contributed by atoms with Gasteiger partial charge in [-0.1, -0.05) is 0 Å². The normalized spacial score (nSPS) is 26.9. The van der Waals surface area contributed by atoms with E-state index in [0.717, 1.165) is 25.2 Å². The summed E-state index contributed by atoms with van der Waals surface area (Å²) >= 11 is 0. The molecule has 0 saturated carbocycles. The van der Waals surface area contributed by atoms with E-state index in [-0.39, 0.29) is 43.7 Å². The number of phenolic OH excluding ortho intramolecular Hbond substituents is 1. The summed E-state index contributed by atoms with van der Waals surface area (Å²) in [6.45, 7) is 1.02. The van der Waals surface area contributed by atoms with Gasteiger partial charge in [-0.05, 0) is 44.7 Å². The first-order valence-corrected chi connectivity index (χ1v) is 16.2. The van der Waals surface area contributed by atoms with Gasteiger partial charge in [-0.3, -0.25) is 24.1 Å². The number of aliphatic hydroxyl groups excluding tert-OH is 2. The predicted octanol–water partition coefficient (Wildman–Crippen LogP) is -1.13. The minimum atomic E-state index is -3.60. The summed E-state index contributed by atoms with van der Waals surface area (Å²) in [5, 5.41) is 50.2. The van der Waals surface area contributed by atoms with Crippen molar-refractivity contribution in [2.24, 2.45) is 17.6 Å². The number of nitrogens with one attached hydrogen (secondary N) is 3. The summed E-state index contributed by atoms with van der Waals surface area (Å²) in [4.78, 5) is 54.0. The monoisotopic (exact) mass is 651 g/mol. The van der Waals surface area contributed by atoms with Crippen LogP contribution in [0.2, 0.25) is 0 Å². The van der Waals surface area contributed by atoms with Gasteiger partial charge in [0.05, 0.1) is 30.1 Å². The van der Waals surface area contributed by atoms with E-state index < -0.39 is 96.7 Å². The maximum Gasteiger partial charge on any atom is 0.255 e. The Hall–Kier alpha value is -3.90. The highest BCUT2D eigenvalue weighted by molar-refractivity contribution is 7.88. The fourth-order valence-corrected chi connectivity index (χ4v) is 7.30. The number of halogens is 1. The molecule has 4 atom stereocenters. The predicted molar refractivity (Wildman–Crippen MR) is 155 cm³/mol. The molecule has 45 heavy (non-hydrogen) atoms. The number of Topliss-reactive ketones (excluding diaryl/α,β-unsaturated/α-hetero) is 2. The quantitative estimate of drug-likeness (QED) is 0.0898. The standard InChI is InChI=1S/C28H34FN5O10S/c1-45(43,44)32-5-4-31-21-14-9-12-8-13-15(29)10-16(33-17(35)11-34-6-2-3-7-34)22(36)19(13)23(37)18(12)25(39)28(14,42)26(40)20(24(21)38)27(30)41/h10,12,14,21,31-32,36,38-39,42H,2-9,11H2,1H3,(H2,30,41)(H,33,35)/t12-,14-,21-,28-/m0/s1. The van der Waals surface area contributed by atoms with Crippen molar-refractivity contribution >= 4 is 39.1 Å². The molecule has 1 aromatic rings. The molecule has 0 unspecified atom stereocenters. The Bertz CT molecular complexity index is 1670. The van der Waals surface area contributed by atoms with Crippen LogP contribution in [0.25, 0.3) is 0 Å². The van der Waals surface area contributed by atoms with E-state index in [4.69, 9.17) is 5.73 Å². The summed E-state index contributed by atoms with van der Waals surface area (Å²) in [6, 6.07) is -0.545. The number of hydrogen-bond acceptors (Lipinski definition) is 12. The number of hydrogen-bond donors (Lipinski definition) is 8. The zero-order chi connectivity index (χ0) is 33.0. The van der Waals surface area contributed by atoms with Crippen molar-refractivity contribution in [3.63, 3.8) is 0 Å². The van der Waals surface area contributed by atoms with Gasteiger partial charge in [0.25, 0.3) is 5.91 Å². The van der Waals surface area contributed by atoms with Gasteiger partial charge in [-0.15, -0.1) is 0 Å². The number of nitrogens with zero attached hydrogens (tertiary/aromatic N) is 1. The molecule has 9 N–H and O–H groups in total.